The van der Waals surface area contributed by atoms with Crippen LogP contribution >= 0.6 is 0 Å². The van der Waals surface area contributed by atoms with E-state index in [4.69, 9.17) is 9.47 Å². The van der Waals surface area contributed by atoms with Gasteiger partial charge in [-0.25, -0.2) is 8.78 Å². The van der Waals surface area contributed by atoms with E-state index in [-0.39, 0.29) is 0 Å². The molecule has 1 fully saturated rings. The lowest BCUT2D eigenvalue weighted by atomic mass is 9.76. The number of hydrogen-bond acceptors (Lipinski definition) is 7. The van der Waals surface area contributed by atoms with Crippen LogP contribution in [0.4, 0.5) is 8.78 Å². The maximum absolute atomic E-state index is 14.2. The molecule has 9 heteroatoms. The smallest absolute Gasteiger partial charge is 0.303 e. The minimum Gasteiger partial charge on any atom is -0.459 e. The molecule has 0 unspecified atom stereocenters. The number of alkyl halides is 2. The molecule has 0 spiro atoms. The van der Waals surface area contributed by atoms with E-state index >= 15 is 0 Å². The minimum atomic E-state index is -3.66. The molecule has 1 aliphatic carbocycles. The SMILES string of the molecule is CC(=O)O[C@@H]1[C@H](OC(C)=O)C(F)(F)C[C@@H](OC(C)=O)[C@@]1(C)O. The summed E-state index contributed by atoms with van der Waals surface area (Å²) in [5.41, 5.74) is -2.15. The third-order valence-corrected chi connectivity index (χ3v) is 3.27. The van der Waals surface area contributed by atoms with Gasteiger partial charge >= 0.3 is 17.9 Å². The molecule has 0 radical (unpaired) electrons. The van der Waals surface area contributed by atoms with E-state index in [0.717, 1.165) is 27.7 Å². The zero-order chi connectivity index (χ0) is 17.3. The van der Waals surface area contributed by atoms with Gasteiger partial charge in [-0.15, -0.1) is 0 Å². The number of aliphatic hydroxyl groups is 1. The Labute approximate surface area is 125 Å². The predicted molar refractivity (Wildman–Crippen MR) is 66.8 cm³/mol. The van der Waals surface area contributed by atoms with Crippen molar-refractivity contribution in [3.05, 3.63) is 0 Å². The second-order valence-corrected chi connectivity index (χ2v) is 5.35. The largest absolute Gasteiger partial charge is 0.459 e. The fourth-order valence-electron chi connectivity index (χ4n) is 2.33. The van der Waals surface area contributed by atoms with Gasteiger partial charge in [-0.2, -0.15) is 0 Å². The molecule has 0 aromatic heterocycles. The van der Waals surface area contributed by atoms with Gasteiger partial charge in [0.25, 0.3) is 5.92 Å². The quantitative estimate of drug-likeness (QED) is 0.598. The third kappa shape index (κ3) is 3.90. The molecule has 1 aliphatic rings. The Bertz CT molecular complexity index is 475. The molecule has 22 heavy (non-hydrogen) atoms. The van der Waals surface area contributed by atoms with Crippen LogP contribution in [-0.2, 0) is 28.6 Å². The molecule has 0 saturated heterocycles. The van der Waals surface area contributed by atoms with Gasteiger partial charge < -0.3 is 19.3 Å². The monoisotopic (exact) mass is 324 g/mol. The second kappa shape index (κ2) is 6.15. The molecule has 4 atom stereocenters. The first-order valence-electron chi connectivity index (χ1n) is 6.49. The molecule has 0 heterocycles. The van der Waals surface area contributed by atoms with Crippen molar-refractivity contribution in [3.63, 3.8) is 0 Å². The van der Waals surface area contributed by atoms with Gasteiger partial charge in [-0.3, -0.25) is 14.4 Å². The van der Waals surface area contributed by atoms with Crippen LogP contribution in [0.25, 0.3) is 0 Å². The Kier molecular flexibility index (Phi) is 5.11. The molecule has 0 aromatic rings. The van der Waals surface area contributed by atoms with Crippen molar-refractivity contribution < 1.29 is 42.5 Å². The van der Waals surface area contributed by atoms with Gasteiger partial charge in [-0.05, 0) is 6.92 Å². The van der Waals surface area contributed by atoms with E-state index < -0.39 is 54.2 Å². The highest BCUT2D eigenvalue weighted by Gasteiger charge is 2.64. The lowest BCUT2D eigenvalue weighted by Gasteiger charge is -2.48. The Morgan fingerprint density at radius 3 is 1.77 bits per heavy atom. The van der Waals surface area contributed by atoms with Crippen LogP contribution in [0, 0.1) is 0 Å². The summed E-state index contributed by atoms with van der Waals surface area (Å²) in [5.74, 6) is -6.52. The van der Waals surface area contributed by atoms with Crippen molar-refractivity contribution >= 4 is 17.9 Å². The molecular weight excluding hydrogens is 306 g/mol. The van der Waals surface area contributed by atoms with Crippen LogP contribution in [0.1, 0.15) is 34.1 Å². The molecule has 0 aliphatic heterocycles. The highest BCUT2D eigenvalue weighted by atomic mass is 19.3. The zero-order valence-electron chi connectivity index (χ0n) is 12.6. The van der Waals surface area contributed by atoms with Crippen LogP contribution in [-0.4, -0.2) is 52.8 Å². The van der Waals surface area contributed by atoms with Crippen molar-refractivity contribution in [3.8, 4) is 0 Å². The van der Waals surface area contributed by atoms with Crippen LogP contribution < -0.4 is 0 Å². The van der Waals surface area contributed by atoms with Crippen LogP contribution in [0.2, 0.25) is 0 Å². The van der Waals surface area contributed by atoms with Gasteiger partial charge in [0.1, 0.15) is 11.7 Å². The third-order valence-electron chi connectivity index (χ3n) is 3.27. The fourth-order valence-corrected chi connectivity index (χ4v) is 2.33. The molecular formula is C13H18F2O7. The van der Waals surface area contributed by atoms with Gasteiger partial charge in [0.05, 0.1) is 6.42 Å². The first kappa shape index (κ1) is 18.3. The number of esters is 3. The Hall–Kier alpha value is -1.77. The average Bonchev–Trinajstić information content (AvgIpc) is 2.29. The summed E-state index contributed by atoms with van der Waals surface area (Å²) in [6.07, 6.45) is -6.77. The summed E-state index contributed by atoms with van der Waals surface area (Å²) in [4.78, 5) is 33.2. The summed E-state index contributed by atoms with van der Waals surface area (Å²) >= 11 is 0. The normalized spacial score (nSPS) is 33.7. The molecule has 0 bridgehead atoms. The Balaban J connectivity index is 3.24. The number of halogens is 2. The van der Waals surface area contributed by atoms with E-state index in [1.165, 1.54) is 0 Å². The summed E-state index contributed by atoms with van der Waals surface area (Å²) < 4.78 is 42.4. The van der Waals surface area contributed by atoms with Crippen molar-refractivity contribution in [1.82, 2.24) is 0 Å². The predicted octanol–water partition coefficient (Wildman–Crippen LogP) is 0.571. The first-order chi connectivity index (χ1) is 9.87. The first-order valence-corrected chi connectivity index (χ1v) is 6.49. The molecule has 0 amide bonds. The van der Waals surface area contributed by atoms with Crippen LogP contribution in [0.3, 0.4) is 0 Å². The standard InChI is InChI=1S/C13H18F2O7/c1-6(16)20-9-5-13(14,15)11(22-8(3)18)10(12(9,4)19)21-7(2)17/h9-11,19H,5H2,1-4H3/t9-,10-,11+,12-/m1/s1. The summed E-state index contributed by atoms with van der Waals surface area (Å²) in [5, 5.41) is 10.4. The minimum absolute atomic E-state index is 0.881. The highest BCUT2D eigenvalue weighted by Crippen LogP contribution is 2.43. The molecule has 0 aromatic carbocycles. The number of carbonyl (C=O) groups is 3. The lowest BCUT2D eigenvalue weighted by molar-refractivity contribution is -0.281. The molecule has 7 nitrogen and oxygen atoms in total. The van der Waals surface area contributed by atoms with Crippen molar-refractivity contribution in [2.75, 3.05) is 0 Å². The van der Waals surface area contributed by atoms with Crippen LogP contribution in [0.15, 0.2) is 0 Å². The van der Waals surface area contributed by atoms with E-state index in [2.05, 4.69) is 4.74 Å². The van der Waals surface area contributed by atoms with E-state index in [1.54, 1.807) is 0 Å². The van der Waals surface area contributed by atoms with E-state index in [0.29, 0.717) is 0 Å². The van der Waals surface area contributed by atoms with Crippen molar-refractivity contribution in [1.29, 1.82) is 0 Å². The van der Waals surface area contributed by atoms with Gasteiger partial charge in [-0.1, -0.05) is 0 Å². The molecule has 1 rings (SSSR count). The maximum Gasteiger partial charge on any atom is 0.303 e. The lowest BCUT2D eigenvalue weighted by Crippen LogP contribution is -2.68. The molecule has 1 N–H and O–H groups in total. The zero-order valence-corrected chi connectivity index (χ0v) is 12.6. The van der Waals surface area contributed by atoms with Crippen LogP contribution in [0.5, 0.6) is 0 Å². The van der Waals surface area contributed by atoms with Gasteiger partial charge in [0, 0.05) is 20.8 Å². The molecule has 126 valence electrons. The van der Waals surface area contributed by atoms with E-state index in [9.17, 15) is 28.3 Å². The Morgan fingerprint density at radius 2 is 1.36 bits per heavy atom. The summed E-state index contributed by atoms with van der Waals surface area (Å²) in [7, 11) is 0. The number of carbonyl (C=O) groups excluding carboxylic acids is 3. The fraction of sp³-hybridized carbons (Fsp3) is 0.769. The second-order valence-electron chi connectivity index (χ2n) is 5.35. The average molecular weight is 324 g/mol. The number of ether oxygens (including phenoxy) is 3. The van der Waals surface area contributed by atoms with Gasteiger partial charge in [0.15, 0.2) is 6.10 Å². The molecule has 1 saturated carbocycles. The Morgan fingerprint density at radius 1 is 0.955 bits per heavy atom. The maximum atomic E-state index is 14.2. The number of rotatable bonds is 3. The van der Waals surface area contributed by atoms with Crippen molar-refractivity contribution in [2.24, 2.45) is 0 Å². The summed E-state index contributed by atoms with van der Waals surface area (Å²) in [6, 6.07) is 0. The topological polar surface area (TPSA) is 99.1 Å². The highest BCUT2D eigenvalue weighted by molar-refractivity contribution is 5.68. The van der Waals surface area contributed by atoms with Gasteiger partial charge in [0.2, 0.25) is 6.10 Å². The van der Waals surface area contributed by atoms with E-state index in [1.807, 2.05) is 0 Å². The van der Waals surface area contributed by atoms with Crippen molar-refractivity contribution in [2.45, 2.75) is 64.0 Å². The summed E-state index contributed by atoms with van der Waals surface area (Å²) in [6.45, 7) is 3.93. The number of hydrogen-bond donors (Lipinski definition) is 1.